The van der Waals surface area contributed by atoms with E-state index in [1.54, 1.807) is 30.3 Å². The molecule has 0 atom stereocenters. The smallest absolute Gasteiger partial charge is 0.343 e. The molecular formula is C33H28N4O7. The number of rotatable bonds is 10. The summed E-state index contributed by atoms with van der Waals surface area (Å²) in [6.07, 6.45) is 1.15. The van der Waals surface area contributed by atoms with Crippen molar-refractivity contribution >= 4 is 23.8 Å². The minimum Gasteiger partial charge on any atom is -0.486 e. The van der Waals surface area contributed by atoms with Gasteiger partial charge in [0.15, 0.2) is 5.76 Å². The fraction of sp³-hybridized carbons (Fsp3) is 0.121. The summed E-state index contributed by atoms with van der Waals surface area (Å²) >= 11 is 0. The average molecular weight is 593 g/mol. The van der Waals surface area contributed by atoms with Gasteiger partial charge in [-0.2, -0.15) is 5.10 Å². The van der Waals surface area contributed by atoms with Crippen molar-refractivity contribution in [3.05, 3.63) is 141 Å². The lowest BCUT2D eigenvalue weighted by molar-refractivity contribution is -0.385. The van der Waals surface area contributed by atoms with Gasteiger partial charge in [0.05, 0.1) is 16.7 Å². The van der Waals surface area contributed by atoms with Crippen molar-refractivity contribution in [2.45, 2.75) is 27.4 Å². The average Bonchev–Trinajstić information content (AvgIpc) is 3.63. The molecule has 5 rings (SSSR count). The second kappa shape index (κ2) is 12.9. The Morgan fingerprint density at radius 2 is 1.64 bits per heavy atom. The second-order valence-corrected chi connectivity index (χ2v) is 9.91. The molecule has 0 aliphatic heterocycles. The molecule has 44 heavy (non-hydrogen) atoms. The highest BCUT2D eigenvalue weighted by atomic mass is 16.6. The van der Waals surface area contributed by atoms with Crippen LogP contribution in [0.15, 0.2) is 101 Å². The van der Waals surface area contributed by atoms with E-state index in [0.717, 1.165) is 28.9 Å². The van der Waals surface area contributed by atoms with Crippen LogP contribution in [-0.2, 0) is 6.61 Å². The van der Waals surface area contributed by atoms with Gasteiger partial charge in [0, 0.05) is 28.7 Å². The maximum atomic E-state index is 12.7. The first-order valence-electron chi connectivity index (χ1n) is 13.6. The Kier molecular flexibility index (Phi) is 8.66. The fourth-order valence-corrected chi connectivity index (χ4v) is 4.45. The van der Waals surface area contributed by atoms with E-state index in [-0.39, 0.29) is 29.2 Å². The number of nitro benzene ring substituents is 1. The molecule has 0 spiro atoms. The van der Waals surface area contributed by atoms with Crippen molar-refractivity contribution in [1.29, 1.82) is 0 Å². The normalized spacial score (nSPS) is 11.0. The molecule has 1 N–H and O–H groups in total. The first kappa shape index (κ1) is 29.5. The van der Waals surface area contributed by atoms with Gasteiger partial charge >= 0.3 is 17.6 Å². The van der Waals surface area contributed by atoms with Crippen molar-refractivity contribution in [2.24, 2.45) is 5.10 Å². The highest BCUT2D eigenvalue weighted by Crippen LogP contribution is 2.31. The molecule has 1 amide bonds. The van der Waals surface area contributed by atoms with Crippen LogP contribution in [0.2, 0.25) is 0 Å². The minimum atomic E-state index is -0.773. The largest absolute Gasteiger partial charge is 0.486 e. The highest BCUT2D eigenvalue weighted by molar-refractivity contribution is 5.95. The molecule has 5 aromatic rings. The number of nitro groups is 1. The zero-order chi connectivity index (χ0) is 31.2. The number of carbonyl (C=O) groups excluding carboxylic acids is 2. The number of esters is 1. The predicted molar refractivity (Wildman–Crippen MR) is 163 cm³/mol. The van der Waals surface area contributed by atoms with Gasteiger partial charge in [-0.25, -0.2) is 10.2 Å². The van der Waals surface area contributed by atoms with Gasteiger partial charge < -0.3 is 18.5 Å². The summed E-state index contributed by atoms with van der Waals surface area (Å²) in [4.78, 5) is 36.2. The van der Waals surface area contributed by atoms with Crippen molar-refractivity contribution in [3.8, 4) is 17.2 Å². The number of nitrogens with zero attached hydrogens (tertiary/aromatic N) is 3. The van der Waals surface area contributed by atoms with Gasteiger partial charge in [0.1, 0.15) is 18.1 Å². The van der Waals surface area contributed by atoms with Gasteiger partial charge in [-0.05, 0) is 87.5 Å². The number of furan rings is 1. The lowest BCUT2D eigenvalue weighted by Crippen LogP contribution is -2.17. The van der Waals surface area contributed by atoms with Crippen molar-refractivity contribution in [2.75, 3.05) is 0 Å². The lowest BCUT2D eigenvalue weighted by atomic mass is 10.1. The molecule has 222 valence electrons. The van der Waals surface area contributed by atoms with E-state index in [4.69, 9.17) is 13.9 Å². The van der Waals surface area contributed by atoms with Crippen LogP contribution in [0.4, 0.5) is 5.69 Å². The van der Waals surface area contributed by atoms with E-state index in [2.05, 4.69) is 27.2 Å². The molecule has 0 fully saturated rings. The van der Waals surface area contributed by atoms with E-state index < -0.39 is 22.5 Å². The number of amides is 1. The van der Waals surface area contributed by atoms with Crippen LogP contribution in [0.25, 0.3) is 5.69 Å². The predicted octanol–water partition coefficient (Wildman–Crippen LogP) is 6.47. The summed E-state index contributed by atoms with van der Waals surface area (Å²) in [5, 5.41) is 15.5. The van der Waals surface area contributed by atoms with E-state index in [1.165, 1.54) is 24.3 Å². The van der Waals surface area contributed by atoms with Crippen LogP contribution in [0.5, 0.6) is 11.5 Å². The number of ether oxygens (including phenoxy) is 2. The number of hydrogen-bond donors (Lipinski definition) is 1. The quantitative estimate of drug-likeness (QED) is 0.0645. The summed E-state index contributed by atoms with van der Waals surface area (Å²) in [6, 6.07) is 25.5. The van der Waals surface area contributed by atoms with Crippen LogP contribution in [0, 0.1) is 30.9 Å². The Bertz CT molecular complexity index is 1830. The number of aryl methyl sites for hydroxylation is 3. The Morgan fingerprint density at radius 3 is 2.32 bits per heavy atom. The molecule has 11 heteroatoms. The summed E-state index contributed by atoms with van der Waals surface area (Å²) in [5.41, 5.74) is 6.45. The van der Waals surface area contributed by atoms with Crippen LogP contribution in [0.3, 0.4) is 0 Å². The Balaban J connectivity index is 1.21. The molecule has 0 radical (unpaired) electrons. The Labute approximate surface area is 252 Å². The zero-order valence-corrected chi connectivity index (χ0v) is 24.1. The SMILES string of the molecule is Cc1ccc(C(=O)Oc2c(/C=N/NC(=O)c3ccc(COc4ccc(-n5c(C)ccc5C)cc4)o3)cccc2[N+](=O)[O-])cc1. The number of carbonyl (C=O) groups is 2. The Morgan fingerprint density at radius 1 is 0.932 bits per heavy atom. The minimum absolute atomic E-state index is 0.0141. The van der Waals surface area contributed by atoms with E-state index >= 15 is 0 Å². The molecule has 11 nitrogen and oxygen atoms in total. The van der Waals surface area contributed by atoms with Gasteiger partial charge in [0.2, 0.25) is 5.75 Å². The van der Waals surface area contributed by atoms with Crippen LogP contribution >= 0.6 is 0 Å². The summed E-state index contributed by atoms with van der Waals surface area (Å²) in [5.74, 6) is -0.684. The zero-order valence-electron chi connectivity index (χ0n) is 24.1. The number of aromatic nitrogens is 1. The first-order valence-corrected chi connectivity index (χ1v) is 13.6. The van der Waals surface area contributed by atoms with Gasteiger partial charge in [-0.1, -0.05) is 23.8 Å². The van der Waals surface area contributed by atoms with E-state index in [9.17, 15) is 19.7 Å². The number of hydrazone groups is 1. The molecule has 3 aromatic carbocycles. The third-order valence-electron chi connectivity index (χ3n) is 6.71. The number of hydrogen-bond acceptors (Lipinski definition) is 8. The van der Waals surface area contributed by atoms with Crippen molar-refractivity contribution in [3.63, 3.8) is 0 Å². The number of nitrogens with one attached hydrogen (secondary N) is 1. The van der Waals surface area contributed by atoms with E-state index in [1.807, 2.05) is 45.0 Å². The van der Waals surface area contributed by atoms with Crippen LogP contribution < -0.4 is 14.9 Å². The Hall–Kier alpha value is -5.97. The number of benzene rings is 3. The van der Waals surface area contributed by atoms with Crippen molar-refractivity contribution < 1.29 is 28.4 Å². The fourth-order valence-electron chi connectivity index (χ4n) is 4.45. The topological polar surface area (TPSA) is 138 Å². The standard InChI is InChI=1S/C33H28N4O7/c1-21-7-11-24(12-8-21)33(39)44-31-25(5-4-6-29(31)37(40)41)19-34-35-32(38)30-18-17-28(43-30)20-42-27-15-13-26(14-16-27)36-22(2)9-10-23(36)3/h4-19H,20H2,1-3H3,(H,35,38)/b34-19+. The first-order chi connectivity index (χ1) is 21.2. The molecule has 2 aromatic heterocycles. The third-order valence-corrected chi connectivity index (χ3v) is 6.71. The van der Waals surface area contributed by atoms with E-state index in [0.29, 0.717) is 11.5 Å². The summed E-state index contributed by atoms with van der Waals surface area (Å²) in [6.45, 7) is 6.05. The lowest BCUT2D eigenvalue weighted by Gasteiger charge is -2.10. The summed E-state index contributed by atoms with van der Waals surface area (Å²) < 4.78 is 18.9. The van der Waals surface area contributed by atoms with Crippen LogP contribution in [0.1, 0.15) is 49.2 Å². The van der Waals surface area contributed by atoms with Gasteiger partial charge in [-0.3, -0.25) is 14.9 Å². The molecular weight excluding hydrogens is 564 g/mol. The monoisotopic (exact) mass is 592 g/mol. The summed E-state index contributed by atoms with van der Waals surface area (Å²) in [7, 11) is 0. The molecule has 0 saturated heterocycles. The molecule has 2 heterocycles. The molecule has 0 aliphatic rings. The van der Waals surface area contributed by atoms with Crippen LogP contribution in [-0.4, -0.2) is 27.6 Å². The van der Waals surface area contributed by atoms with Gasteiger partial charge in [0.25, 0.3) is 0 Å². The molecule has 0 bridgehead atoms. The molecule has 0 saturated carbocycles. The van der Waals surface area contributed by atoms with Gasteiger partial charge in [-0.15, -0.1) is 0 Å². The maximum absolute atomic E-state index is 12.7. The molecule has 0 unspecified atom stereocenters. The number of para-hydroxylation sites is 1. The maximum Gasteiger partial charge on any atom is 0.343 e. The van der Waals surface area contributed by atoms with Crippen molar-refractivity contribution in [1.82, 2.24) is 9.99 Å². The third kappa shape index (κ3) is 6.73. The highest BCUT2D eigenvalue weighted by Gasteiger charge is 2.22. The molecule has 0 aliphatic carbocycles. The second-order valence-electron chi connectivity index (χ2n) is 9.91.